The normalized spacial score (nSPS) is 12.4. The summed E-state index contributed by atoms with van der Waals surface area (Å²) >= 11 is 11.9. The number of hydrogen-bond acceptors (Lipinski definition) is 2. The molecule has 2 rings (SSSR count). The van der Waals surface area contributed by atoms with Gasteiger partial charge in [-0.05, 0) is 17.2 Å². The number of benzene rings is 2. The first-order chi connectivity index (χ1) is 8.11. The Hall–Kier alpha value is -1.22. The van der Waals surface area contributed by atoms with Crippen LogP contribution in [0, 0.1) is 0 Å². The predicted molar refractivity (Wildman–Crippen MR) is 70.6 cm³/mol. The minimum absolute atomic E-state index is 0.0410. The standard InChI is InChI=1S/C13H11Cl2NO/c14-11-9(6-7-10(17)12(11)15)13(16)8-4-2-1-3-5-8/h1-7,13,17H,16H2. The number of nitrogens with two attached hydrogens (primary N) is 1. The van der Waals surface area contributed by atoms with E-state index in [1.807, 2.05) is 30.3 Å². The van der Waals surface area contributed by atoms with Crippen molar-refractivity contribution >= 4 is 23.2 Å². The molecule has 1 unspecified atom stereocenters. The van der Waals surface area contributed by atoms with Crippen LogP contribution in [0.5, 0.6) is 5.75 Å². The highest BCUT2D eigenvalue weighted by Crippen LogP contribution is 2.37. The van der Waals surface area contributed by atoms with Gasteiger partial charge in [0.15, 0.2) is 0 Å². The SMILES string of the molecule is NC(c1ccccc1)c1ccc(O)c(Cl)c1Cl. The molecule has 2 nitrogen and oxygen atoms in total. The van der Waals surface area contributed by atoms with Crippen molar-refractivity contribution in [2.75, 3.05) is 0 Å². The van der Waals surface area contributed by atoms with E-state index in [0.29, 0.717) is 10.6 Å². The minimum atomic E-state index is -0.359. The lowest BCUT2D eigenvalue weighted by Gasteiger charge is -2.15. The molecule has 3 N–H and O–H groups in total. The van der Waals surface area contributed by atoms with Crippen molar-refractivity contribution in [3.05, 3.63) is 63.6 Å². The summed E-state index contributed by atoms with van der Waals surface area (Å²) in [6, 6.07) is 12.4. The summed E-state index contributed by atoms with van der Waals surface area (Å²) in [5.74, 6) is -0.0410. The van der Waals surface area contributed by atoms with E-state index in [2.05, 4.69) is 0 Å². The van der Waals surface area contributed by atoms with E-state index in [-0.39, 0.29) is 16.8 Å². The second-order valence-corrected chi connectivity index (χ2v) is 4.45. The number of hydrogen-bond donors (Lipinski definition) is 2. The molecular weight excluding hydrogens is 257 g/mol. The quantitative estimate of drug-likeness (QED) is 0.871. The maximum atomic E-state index is 9.42. The summed E-state index contributed by atoms with van der Waals surface area (Å²) in [4.78, 5) is 0. The number of aromatic hydroxyl groups is 1. The average molecular weight is 268 g/mol. The van der Waals surface area contributed by atoms with E-state index in [0.717, 1.165) is 5.56 Å². The summed E-state index contributed by atoms with van der Waals surface area (Å²) in [6.45, 7) is 0. The Labute approximate surface area is 110 Å². The van der Waals surface area contributed by atoms with E-state index in [1.54, 1.807) is 6.07 Å². The highest BCUT2D eigenvalue weighted by Gasteiger charge is 2.16. The number of rotatable bonds is 2. The number of halogens is 2. The van der Waals surface area contributed by atoms with Crippen molar-refractivity contribution in [1.29, 1.82) is 0 Å². The molecule has 0 aliphatic heterocycles. The van der Waals surface area contributed by atoms with E-state index < -0.39 is 0 Å². The average Bonchev–Trinajstić information content (AvgIpc) is 2.36. The van der Waals surface area contributed by atoms with Gasteiger partial charge in [-0.3, -0.25) is 0 Å². The van der Waals surface area contributed by atoms with Gasteiger partial charge < -0.3 is 10.8 Å². The van der Waals surface area contributed by atoms with Crippen LogP contribution >= 0.6 is 23.2 Å². The van der Waals surface area contributed by atoms with Gasteiger partial charge in [-0.25, -0.2) is 0 Å². The first-order valence-corrected chi connectivity index (χ1v) is 5.84. The van der Waals surface area contributed by atoms with Gasteiger partial charge in [0.05, 0.1) is 11.1 Å². The summed E-state index contributed by atoms with van der Waals surface area (Å²) in [5, 5.41) is 9.85. The van der Waals surface area contributed by atoms with Crippen molar-refractivity contribution < 1.29 is 5.11 Å². The van der Waals surface area contributed by atoms with Crippen LogP contribution in [-0.2, 0) is 0 Å². The molecule has 0 spiro atoms. The van der Waals surface area contributed by atoms with Crippen molar-refractivity contribution in [3.8, 4) is 5.75 Å². The van der Waals surface area contributed by atoms with Gasteiger partial charge in [0, 0.05) is 0 Å². The van der Waals surface area contributed by atoms with Gasteiger partial charge in [-0.1, -0.05) is 59.6 Å². The molecule has 0 radical (unpaired) electrons. The molecule has 17 heavy (non-hydrogen) atoms. The van der Waals surface area contributed by atoms with Crippen molar-refractivity contribution in [3.63, 3.8) is 0 Å². The topological polar surface area (TPSA) is 46.2 Å². The zero-order valence-electron chi connectivity index (χ0n) is 8.90. The highest BCUT2D eigenvalue weighted by atomic mass is 35.5. The molecule has 0 fully saturated rings. The lowest BCUT2D eigenvalue weighted by atomic mass is 9.99. The Balaban J connectivity index is 2.45. The Morgan fingerprint density at radius 1 is 0.941 bits per heavy atom. The Morgan fingerprint density at radius 3 is 2.24 bits per heavy atom. The van der Waals surface area contributed by atoms with Gasteiger partial charge >= 0.3 is 0 Å². The Morgan fingerprint density at radius 2 is 1.59 bits per heavy atom. The van der Waals surface area contributed by atoms with Crippen molar-refractivity contribution in [2.45, 2.75) is 6.04 Å². The largest absolute Gasteiger partial charge is 0.506 e. The molecule has 0 aliphatic carbocycles. The fourth-order valence-electron chi connectivity index (χ4n) is 1.63. The van der Waals surface area contributed by atoms with Gasteiger partial charge in [0.1, 0.15) is 10.8 Å². The molecule has 4 heteroatoms. The molecule has 0 heterocycles. The third-order valence-electron chi connectivity index (χ3n) is 2.59. The van der Waals surface area contributed by atoms with Crippen LogP contribution in [0.15, 0.2) is 42.5 Å². The van der Waals surface area contributed by atoms with Gasteiger partial charge in [0.2, 0.25) is 0 Å². The van der Waals surface area contributed by atoms with E-state index >= 15 is 0 Å². The lowest BCUT2D eigenvalue weighted by Crippen LogP contribution is -2.12. The fourth-order valence-corrected chi connectivity index (χ4v) is 2.08. The molecule has 88 valence electrons. The maximum Gasteiger partial charge on any atom is 0.135 e. The third-order valence-corrected chi connectivity index (χ3v) is 3.47. The Kier molecular flexibility index (Phi) is 3.57. The highest BCUT2D eigenvalue weighted by molar-refractivity contribution is 6.43. The van der Waals surface area contributed by atoms with E-state index in [9.17, 15) is 5.11 Å². The first-order valence-electron chi connectivity index (χ1n) is 5.08. The molecule has 0 aromatic heterocycles. The molecule has 0 saturated carbocycles. The van der Waals surface area contributed by atoms with Crippen LogP contribution in [0.25, 0.3) is 0 Å². The van der Waals surface area contributed by atoms with Crippen LogP contribution in [-0.4, -0.2) is 5.11 Å². The maximum absolute atomic E-state index is 9.42. The number of phenols is 1. The summed E-state index contributed by atoms with van der Waals surface area (Å²) in [5.41, 5.74) is 7.75. The van der Waals surface area contributed by atoms with E-state index in [4.69, 9.17) is 28.9 Å². The second kappa shape index (κ2) is 4.96. The number of phenolic OH excluding ortho intramolecular Hbond substituents is 1. The Bertz CT molecular complexity index is 528. The molecular formula is C13H11Cl2NO. The molecule has 0 amide bonds. The fraction of sp³-hybridized carbons (Fsp3) is 0.0769. The monoisotopic (exact) mass is 267 g/mol. The van der Waals surface area contributed by atoms with Crippen molar-refractivity contribution in [1.82, 2.24) is 0 Å². The molecule has 0 bridgehead atoms. The third kappa shape index (κ3) is 2.39. The molecule has 0 saturated heterocycles. The van der Waals surface area contributed by atoms with Crippen LogP contribution in [0.3, 0.4) is 0 Å². The zero-order chi connectivity index (χ0) is 12.4. The summed E-state index contributed by atoms with van der Waals surface area (Å²) in [7, 11) is 0. The van der Waals surface area contributed by atoms with Crippen LogP contribution in [0.4, 0.5) is 0 Å². The summed E-state index contributed by atoms with van der Waals surface area (Å²) in [6.07, 6.45) is 0. The van der Waals surface area contributed by atoms with Gasteiger partial charge in [0.25, 0.3) is 0 Å². The molecule has 2 aromatic rings. The first kappa shape index (κ1) is 12.2. The van der Waals surface area contributed by atoms with E-state index in [1.165, 1.54) is 6.07 Å². The van der Waals surface area contributed by atoms with Crippen LogP contribution < -0.4 is 5.73 Å². The molecule has 2 aromatic carbocycles. The molecule has 0 aliphatic rings. The molecule has 1 atom stereocenters. The van der Waals surface area contributed by atoms with Gasteiger partial charge in [-0.2, -0.15) is 0 Å². The predicted octanol–water partition coefficient (Wildman–Crippen LogP) is 3.75. The summed E-state index contributed by atoms with van der Waals surface area (Å²) < 4.78 is 0. The van der Waals surface area contributed by atoms with Gasteiger partial charge in [-0.15, -0.1) is 0 Å². The van der Waals surface area contributed by atoms with Crippen LogP contribution in [0.1, 0.15) is 17.2 Å². The minimum Gasteiger partial charge on any atom is -0.506 e. The zero-order valence-corrected chi connectivity index (χ0v) is 10.4. The smallest absolute Gasteiger partial charge is 0.135 e. The van der Waals surface area contributed by atoms with Crippen molar-refractivity contribution in [2.24, 2.45) is 5.73 Å². The lowest BCUT2D eigenvalue weighted by molar-refractivity contribution is 0.475. The second-order valence-electron chi connectivity index (χ2n) is 3.69. The van der Waals surface area contributed by atoms with Crippen LogP contribution in [0.2, 0.25) is 10.0 Å².